The van der Waals surface area contributed by atoms with Crippen LogP contribution in [-0.2, 0) is 21.2 Å². The molecule has 0 atom stereocenters. The number of aromatic nitrogens is 1. The second kappa shape index (κ2) is 10.4. The first-order valence-electron chi connectivity index (χ1n) is 9.74. The molecular weight excluding hydrogens is 420 g/mol. The lowest BCUT2D eigenvalue weighted by Gasteiger charge is -2.11. The summed E-state index contributed by atoms with van der Waals surface area (Å²) in [5.74, 6) is 1.85. The lowest BCUT2D eigenvalue weighted by Crippen LogP contribution is -2.26. The van der Waals surface area contributed by atoms with E-state index in [1.54, 1.807) is 33.3 Å². The van der Waals surface area contributed by atoms with Gasteiger partial charge >= 0.3 is 0 Å². The zero-order valence-electron chi connectivity index (χ0n) is 17.8. The van der Waals surface area contributed by atoms with Crippen molar-refractivity contribution in [1.82, 2.24) is 9.71 Å². The van der Waals surface area contributed by atoms with Gasteiger partial charge in [-0.05, 0) is 55.0 Å². The fraction of sp³-hybridized carbons (Fsp3) is 0.318. The minimum atomic E-state index is -3.65. The van der Waals surface area contributed by atoms with E-state index in [0.29, 0.717) is 37.0 Å². The first kappa shape index (κ1) is 22.8. The number of nitrogens with zero attached hydrogens (tertiary/aromatic N) is 1. The zero-order chi connectivity index (χ0) is 22.3. The van der Waals surface area contributed by atoms with E-state index < -0.39 is 10.0 Å². The molecule has 0 spiro atoms. The third-order valence-corrected chi connectivity index (χ3v) is 6.02. The zero-order valence-corrected chi connectivity index (χ0v) is 18.6. The summed E-state index contributed by atoms with van der Waals surface area (Å²) >= 11 is 0. The van der Waals surface area contributed by atoms with Gasteiger partial charge in [-0.1, -0.05) is 0 Å². The molecule has 8 nitrogen and oxygen atoms in total. The fourth-order valence-corrected chi connectivity index (χ4v) is 3.99. The molecule has 2 aromatic carbocycles. The average molecular weight is 447 g/mol. The van der Waals surface area contributed by atoms with Gasteiger partial charge < -0.3 is 18.6 Å². The molecule has 0 aliphatic rings. The molecule has 0 saturated heterocycles. The third-order valence-electron chi connectivity index (χ3n) is 4.56. The molecule has 1 N–H and O–H groups in total. The largest absolute Gasteiger partial charge is 0.497 e. The molecule has 0 fully saturated rings. The second-order valence-electron chi connectivity index (χ2n) is 6.79. The number of sulfonamides is 1. The molecule has 1 heterocycles. The SMILES string of the molecule is COCCOc1ccc(S(=O)(=O)NCCc2coc(-c3ccc(OC)cc3)n2)cc1C. The van der Waals surface area contributed by atoms with Crippen LogP contribution in [0.4, 0.5) is 0 Å². The smallest absolute Gasteiger partial charge is 0.240 e. The van der Waals surface area contributed by atoms with Gasteiger partial charge in [0.1, 0.15) is 24.4 Å². The van der Waals surface area contributed by atoms with Gasteiger partial charge in [0.15, 0.2) is 0 Å². The predicted molar refractivity (Wildman–Crippen MR) is 116 cm³/mol. The van der Waals surface area contributed by atoms with Crippen molar-refractivity contribution in [2.24, 2.45) is 0 Å². The van der Waals surface area contributed by atoms with Crippen LogP contribution >= 0.6 is 0 Å². The van der Waals surface area contributed by atoms with E-state index in [9.17, 15) is 8.42 Å². The molecule has 0 amide bonds. The molecule has 0 aliphatic heterocycles. The summed E-state index contributed by atoms with van der Waals surface area (Å²) in [6.45, 7) is 2.86. The summed E-state index contributed by atoms with van der Waals surface area (Å²) in [6.07, 6.45) is 1.93. The van der Waals surface area contributed by atoms with Gasteiger partial charge in [0.05, 0.1) is 24.3 Å². The number of hydrogen-bond donors (Lipinski definition) is 1. The molecule has 0 unspecified atom stereocenters. The van der Waals surface area contributed by atoms with Crippen molar-refractivity contribution in [2.45, 2.75) is 18.2 Å². The Morgan fingerprint density at radius 1 is 1.06 bits per heavy atom. The van der Waals surface area contributed by atoms with Gasteiger partial charge in [0.2, 0.25) is 15.9 Å². The van der Waals surface area contributed by atoms with Crippen LogP contribution < -0.4 is 14.2 Å². The fourth-order valence-electron chi connectivity index (χ4n) is 2.87. The molecule has 166 valence electrons. The number of aryl methyl sites for hydroxylation is 1. The van der Waals surface area contributed by atoms with Crippen molar-refractivity contribution in [3.63, 3.8) is 0 Å². The highest BCUT2D eigenvalue weighted by Gasteiger charge is 2.16. The van der Waals surface area contributed by atoms with E-state index in [1.165, 1.54) is 12.3 Å². The number of benzene rings is 2. The Labute approximate surface area is 182 Å². The van der Waals surface area contributed by atoms with Gasteiger partial charge in [-0.2, -0.15) is 0 Å². The molecule has 0 bridgehead atoms. The van der Waals surface area contributed by atoms with Gasteiger partial charge in [-0.15, -0.1) is 0 Å². The molecule has 31 heavy (non-hydrogen) atoms. The number of nitrogens with one attached hydrogen (secondary N) is 1. The normalized spacial score (nSPS) is 11.5. The maximum Gasteiger partial charge on any atom is 0.240 e. The summed E-state index contributed by atoms with van der Waals surface area (Å²) in [5.41, 5.74) is 2.21. The first-order chi connectivity index (χ1) is 14.9. The number of rotatable bonds is 11. The van der Waals surface area contributed by atoms with Crippen LogP contribution in [0.5, 0.6) is 11.5 Å². The second-order valence-corrected chi connectivity index (χ2v) is 8.56. The van der Waals surface area contributed by atoms with E-state index in [0.717, 1.165) is 16.9 Å². The maximum atomic E-state index is 12.6. The number of hydrogen-bond acceptors (Lipinski definition) is 7. The maximum absolute atomic E-state index is 12.6. The molecular formula is C22H26N2O6S. The predicted octanol–water partition coefficient (Wildman–Crippen LogP) is 3.20. The minimum Gasteiger partial charge on any atom is -0.497 e. The Hall–Kier alpha value is -2.88. The van der Waals surface area contributed by atoms with Crippen LogP contribution in [-0.4, -0.2) is 47.4 Å². The van der Waals surface area contributed by atoms with Crippen molar-refractivity contribution in [1.29, 1.82) is 0 Å². The van der Waals surface area contributed by atoms with Crippen LogP contribution in [0, 0.1) is 6.92 Å². The summed E-state index contributed by atoms with van der Waals surface area (Å²) in [6, 6.07) is 12.1. The summed E-state index contributed by atoms with van der Waals surface area (Å²) in [4.78, 5) is 4.60. The van der Waals surface area contributed by atoms with Crippen molar-refractivity contribution in [3.05, 3.63) is 60.0 Å². The molecule has 0 saturated carbocycles. The molecule has 1 aromatic heterocycles. The van der Waals surface area contributed by atoms with Crippen molar-refractivity contribution in [2.75, 3.05) is 34.0 Å². The molecule has 3 aromatic rings. The Kier molecular flexibility index (Phi) is 7.67. The summed E-state index contributed by atoms with van der Waals surface area (Å²) in [7, 11) is -0.454. The minimum absolute atomic E-state index is 0.183. The topological polar surface area (TPSA) is 99.9 Å². The number of oxazole rings is 1. The lowest BCUT2D eigenvalue weighted by atomic mass is 10.2. The van der Waals surface area contributed by atoms with Gasteiger partial charge in [-0.3, -0.25) is 0 Å². The highest BCUT2D eigenvalue weighted by atomic mass is 32.2. The van der Waals surface area contributed by atoms with Crippen LogP contribution in [0.25, 0.3) is 11.5 Å². The molecule has 9 heteroatoms. The molecule has 0 radical (unpaired) electrons. The van der Waals surface area contributed by atoms with Gasteiger partial charge in [0, 0.05) is 25.6 Å². The Bertz CT molecular complexity index is 1090. The Morgan fingerprint density at radius 3 is 2.52 bits per heavy atom. The van der Waals surface area contributed by atoms with Crippen molar-refractivity contribution < 1.29 is 27.0 Å². The Morgan fingerprint density at radius 2 is 1.84 bits per heavy atom. The molecule has 0 aliphatic carbocycles. The summed E-state index contributed by atoms with van der Waals surface area (Å²) in [5, 5.41) is 0. The van der Waals surface area contributed by atoms with Crippen molar-refractivity contribution in [3.8, 4) is 23.0 Å². The highest BCUT2D eigenvalue weighted by molar-refractivity contribution is 7.89. The highest BCUT2D eigenvalue weighted by Crippen LogP contribution is 2.23. The Balaban J connectivity index is 1.57. The van der Waals surface area contributed by atoms with Crippen LogP contribution in [0.2, 0.25) is 0 Å². The van der Waals surface area contributed by atoms with E-state index in [2.05, 4.69) is 9.71 Å². The lowest BCUT2D eigenvalue weighted by molar-refractivity contribution is 0.146. The van der Waals surface area contributed by atoms with E-state index in [-0.39, 0.29) is 11.4 Å². The quantitative estimate of drug-likeness (QED) is 0.452. The van der Waals surface area contributed by atoms with Gasteiger partial charge in [-0.25, -0.2) is 18.1 Å². The first-order valence-corrected chi connectivity index (χ1v) is 11.2. The van der Waals surface area contributed by atoms with E-state index in [1.807, 2.05) is 24.3 Å². The van der Waals surface area contributed by atoms with E-state index >= 15 is 0 Å². The summed E-state index contributed by atoms with van der Waals surface area (Å²) < 4.78 is 49.0. The monoisotopic (exact) mass is 446 g/mol. The van der Waals surface area contributed by atoms with Crippen LogP contribution in [0.3, 0.4) is 0 Å². The molecule has 3 rings (SSSR count). The van der Waals surface area contributed by atoms with E-state index in [4.69, 9.17) is 18.6 Å². The third kappa shape index (κ3) is 6.06. The average Bonchev–Trinajstić information content (AvgIpc) is 3.24. The van der Waals surface area contributed by atoms with Gasteiger partial charge in [0.25, 0.3) is 0 Å². The number of ether oxygens (including phenoxy) is 3. The van der Waals surface area contributed by atoms with Crippen LogP contribution in [0.1, 0.15) is 11.3 Å². The standard InChI is InChI=1S/C22H26N2O6S/c1-16-14-20(8-9-21(16)29-13-12-27-2)31(25,26)23-11-10-18-15-30-22(24-18)17-4-6-19(28-3)7-5-17/h4-9,14-15,23H,10-13H2,1-3H3. The number of methoxy groups -OCH3 is 2. The van der Waals surface area contributed by atoms with Crippen molar-refractivity contribution >= 4 is 10.0 Å². The van der Waals surface area contributed by atoms with Crippen LogP contribution in [0.15, 0.2) is 58.0 Å².